The summed E-state index contributed by atoms with van der Waals surface area (Å²) in [7, 11) is -1.75. The molecule has 0 saturated carbocycles. The fourth-order valence-corrected chi connectivity index (χ4v) is 5.88. The Hall–Kier alpha value is -1.94. The summed E-state index contributed by atoms with van der Waals surface area (Å²) in [6, 6.07) is 20.1. The maximum atomic E-state index is 6.01. The molecule has 0 N–H and O–H groups in total. The van der Waals surface area contributed by atoms with Crippen LogP contribution in [0.3, 0.4) is 0 Å². The molecular formula is C22H24O2Si. The number of hydrogen-bond acceptors (Lipinski definition) is 2. The second kappa shape index (κ2) is 6.75. The van der Waals surface area contributed by atoms with Crippen molar-refractivity contribution in [3.63, 3.8) is 0 Å². The minimum Gasteiger partial charge on any atom is -0.396 e. The molecule has 4 aromatic carbocycles. The van der Waals surface area contributed by atoms with Gasteiger partial charge in [-0.2, -0.15) is 0 Å². The Bertz CT molecular complexity index is 989. The van der Waals surface area contributed by atoms with Crippen LogP contribution in [0.15, 0.2) is 54.6 Å². The molecule has 0 bridgehead atoms. The zero-order chi connectivity index (χ0) is 17.4. The smallest absolute Gasteiger partial charge is 0.328 e. The van der Waals surface area contributed by atoms with Crippen molar-refractivity contribution >= 4 is 41.6 Å². The summed E-state index contributed by atoms with van der Waals surface area (Å²) >= 11 is 0. The summed E-state index contributed by atoms with van der Waals surface area (Å²) < 4.78 is 12.0. The third-order valence-electron chi connectivity index (χ3n) is 5.12. The molecule has 0 aliphatic rings. The minimum absolute atomic E-state index is 0.310. The fourth-order valence-electron chi connectivity index (χ4n) is 3.97. The second-order valence-corrected chi connectivity index (χ2v) is 8.98. The molecular weight excluding hydrogens is 324 g/mol. The summed E-state index contributed by atoms with van der Waals surface area (Å²) in [4.78, 5) is 0. The van der Waals surface area contributed by atoms with Crippen LogP contribution in [0.2, 0.25) is 0 Å². The van der Waals surface area contributed by atoms with Crippen molar-refractivity contribution in [2.45, 2.75) is 26.3 Å². The molecule has 0 aliphatic heterocycles. The van der Waals surface area contributed by atoms with Crippen LogP contribution < -0.4 is 0 Å². The molecule has 1 atom stereocenters. The van der Waals surface area contributed by atoms with Crippen molar-refractivity contribution < 1.29 is 8.85 Å². The van der Waals surface area contributed by atoms with Crippen LogP contribution in [0.1, 0.15) is 31.9 Å². The first-order chi connectivity index (χ1) is 12.2. The van der Waals surface area contributed by atoms with Gasteiger partial charge in [0.15, 0.2) is 0 Å². The number of hydrogen-bond donors (Lipinski definition) is 0. The van der Waals surface area contributed by atoms with E-state index < -0.39 is 9.28 Å². The third kappa shape index (κ3) is 2.73. The quantitative estimate of drug-likeness (QED) is 0.337. The number of rotatable bonds is 6. The number of benzene rings is 4. The molecule has 1 unspecified atom stereocenters. The average Bonchev–Trinajstić information content (AvgIpc) is 2.65. The standard InChI is InChI=1S/C22H24O2Si/c1-4-23-25(24-5-2)15(3)19-13-11-18-10-9-16-7-6-8-17-12-14-20(19)22(18)21(16)17/h6-15,25H,4-5H2,1-3H3. The van der Waals surface area contributed by atoms with Gasteiger partial charge in [-0.25, -0.2) is 0 Å². The normalized spacial score (nSPS) is 13.4. The zero-order valence-electron chi connectivity index (χ0n) is 15.1. The van der Waals surface area contributed by atoms with Crippen LogP contribution in [0.4, 0.5) is 0 Å². The highest BCUT2D eigenvalue weighted by atomic mass is 28.3. The minimum atomic E-state index is -1.75. The molecule has 2 nitrogen and oxygen atoms in total. The van der Waals surface area contributed by atoms with E-state index in [4.69, 9.17) is 8.85 Å². The van der Waals surface area contributed by atoms with Gasteiger partial charge in [0.25, 0.3) is 0 Å². The van der Waals surface area contributed by atoms with Crippen molar-refractivity contribution in [2.24, 2.45) is 0 Å². The van der Waals surface area contributed by atoms with Gasteiger partial charge < -0.3 is 8.85 Å². The molecule has 0 aromatic heterocycles. The van der Waals surface area contributed by atoms with Gasteiger partial charge in [0, 0.05) is 18.8 Å². The molecule has 0 spiro atoms. The zero-order valence-corrected chi connectivity index (χ0v) is 16.2. The fraction of sp³-hybridized carbons (Fsp3) is 0.273. The van der Waals surface area contributed by atoms with E-state index >= 15 is 0 Å². The molecule has 0 aliphatic carbocycles. The van der Waals surface area contributed by atoms with E-state index in [1.807, 2.05) is 0 Å². The van der Waals surface area contributed by atoms with Crippen LogP contribution in [-0.4, -0.2) is 22.5 Å². The summed E-state index contributed by atoms with van der Waals surface area (Å²) in [5.74, 6) is 0. The highest BCUT2D eigenvalue weighted by molar-refractivity contribution is 6.47. The SMILES string of the molecule is CCO[SiH](OCC)C(C)c1ccc2ccc3cccc4ccc1c2c34. The Morgan fingerprint density at radius 2 is 1.32 bits per heavy atom. The van der Waals surface area contributed by atoms with Crippen LogP contribution in [0, 0.1) is 0 Å². The predicted molar refractivity (Wildman–Crippen MR) is 109 cm³/mol. The summed E-state index contributed by atoms with van der Waals surface area (Å²) in [5, 5.41) is 8.01. The lowest BCUT2D eigenvalue weighted by Crippen LogP contribution is -2.30. The van der Waals surface area contributed by atoms with Crippen molar-refractivity contribution in [3.05, 3.63) is 60.2 Å². The van der Waals surface area contributed by atoms with Crippen LogP contribution in [0.5, 0.6) is 0 Å². The molecule has 3 heteroatoms. The van der Waals surface area contributed by atoms with Gasteiger partial charge in [0.1, 0.15) is 0 Å². The topological polar surface area (TPSA) is 18.5 Å². The highest BCUT2D eigenvalue weighted by Crippen LogP contribution is 2.38. The maximum Gasteiger partial charge on any atom is 0.328 e. The first-order valence-electron chi connectivity index (χ1n) is 9.14. The average molecular weight is 349 g/mol. The van der Waals surface area contributed by atoms with Gasteiger partial charge in [0.2, 0.25) is 0 Å². The predicted octanol–water partition coefficient (Wildman–Crippen LogP) is 5.52. The first kappa shape index (κ1) is 16.5. The van der Waals surface area contributed by atoms with Gasteiger partial charge in [-0.1, -0.05) is 61.5 Å². The molecule has 0 fully saturated rings. The van der Waals surface area contributed by atoms with Gasteiger partial charge in [-0.15, -0.1) is 0 Å². The van der Waals surface area contributed by atoms with E-state index in [2.05, 4.69) is 75.4 Å². The molecule has 0 saturated heterocycles. The lowest BCUT2D eigenvalue weighted by molar-refractivity contribution is 0.206. The Kier molecular flexibility index (Phi) is 4.46. The Balaban J connectivity index is 1.95. The maximum absolute atomic E-state index is 6.01. The lowest BCUT2D eigenvalue weighted by Gasteiger charge is -2.24. The third-order valence-corrected chi connectivity index (χ3v) is 7.62. The largest absolute Gasteiger partial charge is 0.396 e. The van der Waals surface area contributed by atoms with E-state index in [0.29, 0.717) is 18.8 Å². The molecule has 25 heavy (non-hydrogen) atoms. The van der Waals surface area contributed by atoms with Gasteiger partial charge >= 0.3 is 9.28 Å². The summed E-state index contributed by atoms with van der Waals surface area (Å²) in [6.45, 7) is 7.79. The van der Waals surface area contributed by atoms with Crippen LogP contribution in [-0.2, 0) is 8.85 Å². The Morgan fingerprint density at radius 3 is 1.96 bits per heavy atom. The van der Waals surface area contributed by atoms with E-state index in [1.165, 1.54) is 37.9 Å². The van der Waals surface area contributed by atoms with E-state index in [0.717, 1.165) is 0 Å². The second-order valence-electron chi connectivity index (χ2n) is 6.58. The van der Waals surface area contributed by atoms with E-state index in [9.17, 15) is 0 Å². The molecule has 0 amide bonds. The summed E-state index contributed by atoms with van der Waals surface area (Å²) in [6.07, 6.45) is 0. The molecule has 128 valence electrons. The monoisotopic (exact) mass is 348 g/mol. The summed E-state index contributed by atoms with van der Waals surface area (Å²) in [5.41, 5.74) is 1.66. The van der Waals surface area contributed by atoms with Crippen LogP contribution in [0.25, 0.3) is 32.3 Å². The molecule has 4 rings (SSSR count). The lowest BCUT2D eigenvalue weighted by atomic mass is 9.91. The van der Waals surface area contributed by atoms with Crippen molar-refractivity contribution in [2.75, 3.05) is 13.2 Å². The molecule has 4 aromatic rings. The Morgan fingerprint density at radius 1 is 0.760 bits per heavy atom. The van der Waals surface area contributed by atoms with Crippen molar-refractivity contribution in [1.82, 2.24) is 0 Å². The van der Waals surface area contributed by atoms with Gasteiger partial charge in [0.05, 0.1) is 0 Å². The first-order valence-corrected chi connectivity index (χ1v) is 10.7. The van der Waals surface area contributed by atoms with Crippen molar-refractivity contribution in [3.8, 4) is 0 Å². The molecule has 0 heterocycles. The van der Waals surface area contributed by atoms with Crippen LogP contribution >= 0.6 is 0 Å². The molecule has 0 radical (unpaired) electrons. The van der Waals surface area contributed by atoms with Crippen molar-refractivity contribution in [1.29, 1.82) is 0 Å². The van der Waals surface area contributed by atoms with E-state index in [-0.39, 0.29) is 0 Å². The van der Waals surface area contributed by atoms with Gasteiger partial charge in [-0.05, 0) is 51.7 Å². The highest BCUT2D eigenvalue weighted by Gasteiger charge is 2.25. The van der Waals surface area contributed by atoms with E-state index in [1.54, 1.807) is 0 Å². The Labute approximate surface area is 150 Å². The van der Waals surface area contributed by atoms with Gasteiger partial charge in [-0.3, -0.25) is 0 Å².